The third-order valence-corrected chi connectivity index (χ3v) is 4.67. The van der Waals surface area contributed by atoms with Crippen molar-refractivity contribution in [3.63, 3.8) is 0 Å². The first kappa shape index (κ1) is 15.7. The lowest BCUT2D eigenvalue weighted by Crippen LogP contribution is -2.13. The van der Waals surface area contributed by atoms with E-state index >= 15 is 0 Å². The highest BCUT2D eigenvalue weighted by atomic mass is 79.9. The molecular formula is C11H7BrClN3O4S. The molecule has 0 saturated carbocycles. The van der Waals surface area contributed by atoms with Crippen molar-refractivity contribution < 1.29 is 13.3 Å². The van der Waals surface area contributed by atoms with Crippen molar-refractivity contribution >= 4 is 49.1 Å². The summed E-state index contributed by atoms with van der Waals surface area (Å²) in [7, 11) is -3.92. The number of pyridine rings is 1. The van der Waals surface area contributed by atoms with E-state index in [1.54, 1.807) is 12.1 Å². The summed E-state index contributed by atoms with van der Waals surface area (Å²) >= 11 is 9.00. The van der Waals surface area contributed by atoms with E-state index in [-0.39, 0.29) is 10.6 Å². The van der Waals surface area contributed by atoms with Gasteiger partial charge in [0.05, 0.1) is 5.69 Å². The minimum absolute atomic E-state index is 0.194. The average Bonchev–Trinajstić information content (AvgIpc) is 2.43. The van der Waals surface area contributed by atoms with Gasteiger partial charge in [-0.15, -0.1) is 0 Å². The van der Waals surface area contributed by atoms with Crippen molar-refractivity contribution in [1.29, 1.82) is 0 Å². The topological polar surface area (TPSA) is 102 Å². The standard InChI is InChI=1S/C11H7BrClN3O4S/c12-9-3-1-7(13)5-10(9)15-21(19,20)8-2-4-11(14-6-8)16(17)18/h1-6,15H. The lowest BCUT2D eigenvalue weighted by atomic mass is 10.3. The van der Waals surface area contributed by atoms with Crippen LogP contribution in [0.25, 0.3) is 0 Å². The van der Waals surface area contributed by atoms with Crippen molar-refractivity contribution in [2.45, 2.75) is 4.90 Å². The van der Waals surface area contributed by atoms with E-state index in [9.17, 15) is 18.5 Å². The monoisotopic (exact) mass is 391 g/mol. The maximum Gasteiger partial charge on any atom is 0.363 e. The second-order valence-corrected chi connectivity index (χ2v) is 6.81. The zero-order valence-corrected chi connectivity index (χ0v) is 13.3. The van der Waals surface area contributed by atoms with Crippen LogP contribution in [0.3, 0.4) is 0 Å². The van der Waals surface area contributed by atoms with Crippen molar-refractivity contribution in [2.75, 3.05) is 4.72 Å². The maximum atomic E-state index is 12.2. The molecule has 0 spiro atoms. The fourth-order valence-corrected chi connectivity index (χ4v) is 3.08. The highest BCUT2D eigenvalue weighted by Gasteiger charge is 2.19. The molecule has 110 valence electrons. The summed E-state index contributed by atoms with van der Waals surface area (Å²) in [6.07, 6.45) is 0.916. The summed E-state index contributed by atoms with van der Waals surface area (Å²) in [5.74, 6) is -0.433. The van der Waals surface area contributed by atoms with Crippen LogP contribution >= 0.6 is 27.5 Å². The molecule has 0 fully saturated rings. The second-order valence-electron chi connectivity index (χ2n) is 3.84. The van der Waals surface area contributed by atoms with Crippen LogP contribution in [0.5, 0.6) is 0 Å². The summed E-state index contributed by atoms with van der Waals surface area (Å²) in [4.78, 5) is 13.1. The van der Waals surface area contributed by atoms with E-state index in [1.807, 2.05) is 0 Å². The Kier molecular flexibility index (Phi) is 4.45. The largest absolute Gasteiger partial charge is 0.363 e. The summed E-state index contributed by atoms with van der Waals surface area (Å²) in [5, 5.41) is 10.9. The zero-order valence-electron chi connectivity index (χ0n) is 10.2. The quantitative estimate of drug-likeness (QED) is 0.636. The average molecular weight is 393 g/mol. The first-order valence-corrected chi connectivity index (χ1v) is 8.03. The number of nitro groups is 1. The second kappa shape index (κ2) is 5.96. The van der Waals surface area contributed by atoms with Crippen LogP contribution in [-0.4, -0.2) is 18.3 Å². The van der Waals surface area contributed by atoms with Gasteiger partial charge >= 0.3 is 5.82 Å². The van der Waals surface area contributed by atoms with Crippen molar-refractivity contribution in [1.82, 2.24) is 4.98 Å². The molecule has 1 aromatic carbocycles. The van der Waals surface area contributed by atoms with Crippen LogP contribution in [0.2, 0.25) is 5.02 Å². The fraction of sp³-hybridized carbons (Fsp3) is 0. The molecule has 1 heterocycles. The third-order valence-electron chi connectivity index (χ3n) is 2.39. The van der Waals surface area contributed by atoms with E-state index in [1.165, 1.54) is 6.07 Å². The minimum Gasteiger partial charge on any atom is -0.358 e. The third kappa shape index (κ3) is 3.69. The van der Waals surface area contributed by atoms with Gasteiger partial charge in [-0.05, 0) is 50.1 Å². The van der Waals surface area contributed by atoms with Gasteiger partial charge in [0.1, 0.15) is 4.90 Å². The van der Waals surface area contributed by atoms with Gasteiger partial charge in [-0.2, -0.15) is 0 Å². The number of benzene rings is 1. The molecule has 0 aliphatic carbocycles. The Bertz CT molecular complexity index is 796. The number of aromatic nitrogens is 1. The number of anilines is 1. The fourth-order valence-electron chi connectivity index (χ4n) is 1.42. The van der Waals surface area contributed by atoms with E-state index in [4.69, 9.17) is 11.6 Å². The van der Waals surface area contributed by atoms with Crippen LogP contribution < -0.4 is 4.72 Å². The highest BCUT2D eigenvalue weighted by Crippen LogP contribution is 2.28. The molecule has 10 heteroatoms. The molecule has 0 aliphatic rings. The van der Waals surface area contributed by atoms with Gasteiger partial charge in [0.15, 0.2) is 6.20 Å². The van der Waals surface area contributed by atoms with E-state index in [0.717, 1.165) is 18.3 Å². The van der Waals surface area contributed by atoms with Crippen molar-refractivity contribution in [3.8, 4) is 0 Å². The Balaban J connectivity index is 2.34. The van der Waals surface area contributed by atoms with Gasteiger partial charge in [-0.25, -0.2) is 8.42 Å². The number of halogens is 2. The molecule has 0 saturated heterocycles. The van der Waals surface area contributed by atoms with Gasteiger partial charge in [-0.3, -0.25) is 4.72 Å². The number of hydrogen-bond donors (Lipinski definition) is 1. The normalized spacial score (nSPS) is 11.1. The predicted molar refractivity (Wildman–Crippen MR) is 80.9 cm³/mol. The number of nitrogens with zero attached hydrogens (tertiary/aromatic N) is 2. The van der Waals surface area contributed by atoms with Gasteiger partial charge in [0.2, 0.25) is 0 Å². The first-order valence-electron chi connectivity index (χ1n) is 5.38. The molecule has 1 aromatic heterocycles. The maximum absolute atomic E-state index is 12.2. The van der Waals surface area contributed by atoms with Gasteiger partial charge in [0, 0.05) is 15.6 Å². The van der Waals surface area contributed by atoms with Gasteiger partial charge < -0.3 is 10.1 Å². The van der Waals surface area contributed by atoms with Crippen LogP contribution in [0, 0.1) is 10.1 Å². The molecule has 7 nitrogen and oxygen atoms in total. The van der Waals surface area contributed by atoms with E-state index in [2.05, 4.69) is 25.6 Å². The Hall–Kier alpha value is -1.71. The van der Waals surface area contributed by atoms with Crippen LogP contribution in [0.4, 0.5) is 11.5 Å². The molecule has 2 aromatic rings. The Morgan fingerprint density at radius 3 is 2.57 bits per heavy atom. The summed E-state index contributed by atoms with van der Waals surface area (Å²) in [6, 6.07) is 6.74. The number of rotatable bonds is 4. The predicted octanol–water partition coefficient (Wildman–Crippen LogP) is 3.21. The molecule has 0 amide bonds. The van der Waals surface area contributed by atoms with Gasteiger partial charge in [0.25, 0.3) is 10.0 Å². The summed E-state index contributed by atoms with van der Waals surface area (Å²) < 4.78 is 27.2. The highest BCUT2D eigenvalue weighted by molar-refractivity contribution is 9.10. The smallest absolute Gasteiger partial charge is 0.358 e. The van der Waals surface area contributed by atoms with Crippen molar-refractivity contribution in [3.05, 3.63) is 56.1 Å². The van der Waals surface area contributed by atoms with Crippen LogP contribution in [0.1, 0.15) is 0 Å². The molecule has 2 rings (SSSR count). The number of nitrogens with one attached hydrogen (secondary N) is 1. The number of hydrogen-bond acceptors (Lipinski definition) is 5. The van der Waals surface area contributed by atoms with Gasteiger partial charge in [-0.1, -0.05) is 11.6 Å². The molecular weight excluding hydrogens is 386 g/mol. The van der Waals surface area contributed by atoms with Crippen molar-refractivity contribution in [2.24, 2.45) is 0 Å². The van der Waals surface area contributed by atoms with E-state index < -0.39 is 20.8 Å². The minimum atomic E-state index is -3.92. The van der Waals surface area contributed by atoms with E-state index in [0.29, 0.717) is 9.50 Å². The molecule has 0 bridgehead atoms. The zero-order chi connectivity index (χ0) is 15.6. The Morgan fingerprint density at radius 1 is 1.29 bits per heavy atom. The lowest BCUT2D eigenvalue weighted by molar-refractivity contribution is -0.389. The summed E-state index contributed by atoms with van der Waals surface area (Å²) in [5.41, 5.74) is 0.251. The Labute approximate surface area is 133 Å². The molecule has 1 N–H and O–H groups in total. The first-order chi connectivity index (χ1) is 9.79. The molecule has 0 unspecified atom stereocenters. The lowest BCUT2D eigenvalue weighted by Gasteiger charge is -2.09. The van der Waals surface area contributed by atoms with Crippen LogP contribution in [0.15, 0.2) is 45.9 Å². The SMILES string of the molecule is O=[N+]([O-])c1ccc(S(=O)(=O)Nc2cc(Cl)ccc2Br)cn1. The number of sulfonamides is 1. The Morgan fingerprint density at radius 2 is 2.00 bits per heavy atom. The van der Waals surface area contributed by atoms with Crippen LogP contribution in [-0.2, 0) is 10.0 Å². The molecule has 0 aliphatic heterocycles. The molecule has 0 atom stereocenters. The molecule has 21 heavy (non-hydrogen) atoms. The summed E-state index contributed by atoms with van der Waals surface area (Å²) in [6.45, 7) is 0. The molecule has 0 radical (unpaired) electrons.